The van der Waals surface area contributed by atoms with E-state index < -0.39 is 17.8 Å². The van der Waals surface area contributed by atoms with Crippen LogP contribution in [0.1, 0.15) is 15.9 Å². The number of hydrogen-bond donors (Lipinski definition) is 2. The Bertz CT molecular complexity index is 1530. The molecule has 2 N–H and O–H groups in total. The van der Waals surface area contributed by atoms with Crippen LogP contribution in [0.5, 0.6) is 11.5 Å². The van der Waals surface area contributed by atoms with Gasteiger partial charge in [0, 0.05) is 5.56 Å². The van der Waals surface area contributed by atoms with Gasteiger partial charge in [0.1, 0.15) is 5.01 Å². The Morgan fingerprint density at radius 1 is 0.921 bits per heavy atom. The zero-order valence-electron chi connectivity index (χ0n) is 19.5. The summed E-state index contributed by atoms with van der Waals surface area (Å²) in [6, 6.07) is 18.2. The molecule has 0 fully saturated rings. The number of benzene rings is 3. The molecule has 13 heteroatoms. The quantitative estimate of drug-likeness (QED) is 0.107. The van der Waals surface area contributed by atoms with Crippen molar-refractivity contribution in [1.82, 2.24) is 15.6 Å². The predicted molar refractivity (Wildman–Crippen MR) is 144 cm³/mol. The Kier molecular flexibility index (Phi) is 8.64. The summed E-state index contributed by atoms with van der Waals surface area (Å²) in [6.07, 6.45) is 1.29. The molecule has 0 aliphatic carbocycles. The number of hydrogen-bond acceptors (Lipinski definition) is 9. The topological polar surface area (TPSA) is 132 Å². The maximum Gasteiger partial charge on any atom is 0.343 e. The summed E-state index contributed by atoms with van der Waals surface area (Å²) in [4.78, 5) is 36.7. The van der Waals surface area contributed by atoms with Crippen molar-refractivity contribution in [1.29, 1.82) is 0 Å². The minimum Gasteiger partial charge on any atom is -0.493 e. The first kappa shape index (κ1) is 26.7. The van der Waals surface area contributed by atoms with E-state index in [-0.39, 0.29) is 27.2 Å². The summed E-state index contributed by atoms with van der Waals surface area (Å²) in [5.74, 6) is -2.24. The monoisotopic (exact) mass is 569 g/mol. The molecule has 0 saturated heterocycles. The predicted octanol–water partition coefficient (Wildman–Crippen LogP) is 4.83. The van der Waals surface area contributed by atoms with E-state index in [0.717, 1.165) is 16.9 Å². The van der Waals surface area contributed by atoms with Crippen molar-refractivity contribution in [3.8, 4) is 22.1 Å². The van der Waals surface area contributed by atoms with Gasteiger partial charge in [-0.15, -0.1) is 10.2 Å². The van der Waals surface area contributed by atoms with Crippen LogP contribution in [-0.2, 0) is 9.59 Å². The lowest BCUT2D eigenvalue weighted by Gasteiger charge is -2.10. The van der Waals surface area contributed by atoms with Crippen LogP contribution in [0.4, 0.5) is 5.13 Å². The van der Waals surface area contributed by atoms with Crippen molar-refractivity contribution in [2.24, 2.45) is 5.10 Å². The Morgan fingerprint density at radius 3 is 2.45 bits per heavy atom. The normalized spacial score (nSPS) is 10.7. The first-order chi connectivity index (χ1) is 18.3. The third-order valence-electron chi connectivity index (χ3n) is 4.80. The van der Waals surface area contributed by atoms with Gasteiger partial charge < -0.3 is 9.47 Å². The lowest BCUT2D eigenvalue weighted by atomic mass is 10.2. The van der Waals surface area contributed by atoms with Crippen molar-refractivity contribution in [2.45, 2.75) is 0 Å². The van der Waals surface area contributed by atoms with Crippen molar-refractivity contribution >= 4 is 63.7 Å². The average Bonchev–Trinajstić information content (AvgIpc) is 3.39. The van der Waals surface area contributed by atoms with Crippen LogP contribution in [0, 0.1) is 0 Å². The van der Waals surface area contributed by atoms with Gasteiger partial charge in [-0.3, -0.25) is 14.9 Å². The number of halogens is 2. The molecule has 2 amide bonds. The molecule has 0 bridgehead atoms. The fourth-order valence-corrected chi connectivity index (χ4v) is 4.01. The highest BCUT2D eigenvalue weighted by atomic mass is 35.5. The van der Waals surface area contributed by atoms with E-state index in [1.807, 2.05) is 30.3 Å². The molecule has 4 rings (SSSR count). The van der Waals surface area contributed by atoms with E-state index in [4.69, 9.17) is 32.7 Å². The van der Waals surface area contributed by atoms with E-state index in [2.05, 4.69) is 26.0 Å². The molecule has 0 radical (unpaired) electrons. The van der Waals surface area contributed by atoms with Crippen molar-refractivity contribution < 1.29 is 23.9 Å². The molecule has 3 aromatic carbocycles. The van der Waals surface area contributed by atoms with Crippen LogP contribution in [0.25, 0.3) is 10.6 Å². The van der Waals surface area contributed by atoms with Gasteiger partial charge in [-0.05, 0) is 42.0 Å². The number of hydrazone groups is 1. The van der Waals surface area contributed by atoms with Gasteiger partial charge in [-0.2, -0.15) is 5.10 Å². The summed E-state index contributed by atoms with van der Waals surface area (Å²) >= 11 is 13.0. The highest BCUT2D eigenvalue weighted by molar-refractivity contribution is 7.18. The number of anilines is 1. The van der Waals surface area contributed by atoms with Crippen LogP contribution < -0.4 is 20.2 Å². The number of aromatic nitrogens is 2. The number of rotatable bonds is 7. The third-order valence-corrected chi connectivity index (χ3v) is 6.42. The number of ether oxygens (including phenoxy) is 2. The molecule has 0 atom stereocenters. The summed E-state index contributed by atoms with van der Waals surface area (Å²) < 4.78 is 10.7. The number of amides is 2. The molecule has 10 nitrogen and oxygen atoms in total. The molecule has 0 unspecified atom stereocenters. The molecule has 0 saturated carbocycles. The second-order valence-corrected chi connectivity index (χ2v) is 9.15. The Labute approximate surface area is 230 Å². The minimum absolute atomic E-state index is 0.149. The fraction of sp³-hybridized carbons (Fsp3) is 0.0400. The molecule has 0 aliphatic rings. The fourth-order valence-electron chi connectivity index (χ4n) is 2.97. The number of carbonyl (C=O) groups is 3. The van der Waals surface area contributed by atoms with Gasteiger partial charge in [-0.25, -0.2) is 10.2 Å². The summed E-state index contributed by atoms with van der Waals surface area (Å²) in [7, 11) is 1.40. The van der Waals surface area contributed by atoms with E-state index in [9.17, 15) is 14.4 Å². The molecule has 0 spiro atoms. The second-order valence-electron chi connectivity index (χ2n) is 7.36. The number of methoxy groups -OCH3 is 1. The molecular weight excluding hydrogens is 553 g/mol. The maximum atomic E-state index is 12.4. The molecule has 1 heterocycles. The van der Waals surface area contributed by atoms with Crippen molar-refractivity contribution in [2.75, 3.05) is 12.4 Å². The SMILES string of the molecule is COc1cc(/C=N/NC(=O)C(=O)Nc2nnc(-c3ccccc3)s2)ccc1OC(=O)c1ccc(Cl)c(Cl)c1. The van der Waals surface area contributed by atoms with Crippen LogP contribution >= 0.6 is 34.5 Å². The second kappa shape index (κ2) is 12.3. The summed E-state index contributed by atoms with van der Waals surface area (Å²) in [6.45, 7) is 0. The Balaban J connectivity index is 1.34. The minimum atomic E-state index is -1.00. The number of nitrogens with one attached hydrogen (secondary N) is 2. The van der Waals surface area contributed by atoms with Crippen LogP contribution in [-0.4, -0.2) is 41.3 Å². The van der Waals surface area contributed by atoms with Gasteiger partial charge in [0.05, 0.1) is 28.9 Å². The van der Waals surface area contributed by atoms with E-state index >= 15 is 0 Å². The molecule has 0 aliphatic heterocycles. The van der Waals surface area contributed by atoms with Crippen LogP contribution in [0.15, 0.2) is 71.8 Å². The lowest BCUT2D eigenvalue weighted by molar-refractivity contribution is -0.136. The molecule has 1 aromatic heterocycles. The van der Waals surface area contributed by atoms with E-state index in [0.29, 0.717) is 15.6 Å². The van der Waals surface area contributed by atoms with Gasteiger partial charge in [-0.1, -0.05) is 64.9 Å². The number of nitrogens with zero attached hydrogens (tertiary/aromatic N) is 3. The van der Waals surface area contributed by atoms with Gasteiger partial charge in [0.15, 0.2) is 11.5 Å². The third kappa shape index (κ3) is 6.71. The van der Waals surface area contributed by atoms with Gasteiger partial charge in [0.2, 0.25) is 5.13 Å². The molecule has 4 aromatic rings. The standard InChI is InChI=1S/C25H17Cl2N5O5S/c1-36-20-11-14(7-10-19(20)37-24(35)16-8-9-17(26)18(27)12-16)13-28-30-22(34)21(33)29-25-32-31-23(38-25)15-5-3-2-4-6-15/h2-13H,1H3,(H,30,34)(H,29,32,33)/b28-13+. The van der Waals surface area contributed by atoms with Crippen molar-refractivity contribution in [3.05, 3.63) is 87.9 Å². The maximum absolute atomic E-state index is 12.4. The molecule has 38 heavy (non-hydrogen) atoms. The number of carbonyl (C=O) groups excluding carboxylic acids is 3. The summed E-state index contributed by atoms with van der Waals surface area (Å²) in [5.41, 5.74) is 3.67. The van der Waals surface area contributed by atoms with Gasteiger partial charge >= 0.3 is 17.8 Å². The lowest BCUT2D eigenvalue weighted by Crippen LogP contribution is -2.32. The largest absolute Gasteiger partial charge is 0.493 e. The van der Waals surface area contributed by atoms with Crippen LogP contribution in [0.2, 0.25) is 10.0 Å². The number of esters is 1. The highest BCUT2D eigenvalue weighted by Gasteiger charge is 2.17. The Morgan fingerprint density at radius 2 is 1.71 bits per heavy atom. The van der Waals surface area contributed by atoms with Crippen molar-refractivity contribution in [3.63, 3.8) is 0 Å². The smallest absolute Gasteiger partial charge is 0.343 e. The zero-order valence-corrected chi connectivity index (χ0v) is 21.8. The van der Waals surface area contributed by atoms with Gasteiger partial charge in [0.25, 0.3) is 0 Å². The van der Waals surface area contributed by atoms with E-state index in [1.165, 1.54) is 43.7 Å². The first-order valence-corrected chi connectivity index (χ1v) is 12.3. The van der Waals surface area contributed by atoms with Crippen LogP contribution in [0.3, 0.4) is 0 Å². The molecular formula is C25H17Cl2N5O5S. The van der Waals surface area contributed by atoms with E-state index in [1.54, 1.807) is 6.07 Å². The zero-order chi connectivity index (χ0) is 27.1. The Hall–Kier alpha value is -4.32. The highest BCUT2D eigenvalue weighted by Crippen LogP contribution is 2.30. The average molecular weight is 570 g/mol. The molecule has 192 valence electrons. The summed E-state index contributed by atoms with van der Waals surface area (Å²) in [5, 5.41) is 15.3. The first-order valence-electron chi connectivity index (χ1n) is 10.7.